The first-order valence-corrected chi connectivity index (χ1v) is 3.93. The maximum absolute atomic E-state index is 10.3. The molecule has 1 aliphatic rings. The molecule has 64 valence electrons. The summed E-state index contributed by atoms with van der Waals surface area (Å²) in [6.45, 7) is 0.766. The van der Waals surface area contributed by atoms with E-state index < -0.39 is 0 Å². The van der Waals surface area contributed by atoms with Crippen LogP contribution in [0.1, 0.15) is 35.2 Å². The molecule has 0 amide bonds. The molecule has 1 aromatic heterocycles. The second-order valence-electron chi connectivity index (χ2n) is 2.77. The Kier molecular flexibility index (Phi) is 1.91. The van der Waals surface area contributed by atoms with Crippen molar-refractivity contribution in [1.82, 2.24) is 5.16 Å². The first-order chi connectivity index (χ1) is 5.90. The number of rotatable bonds is 2. The van der Waals surface area contributed by atoms with Crippen LogP contribution in [-0.4, -0.2) is 18.0 Å². The number of hydrogen-bond acceptors (Lipinski definition) is 4. The smallest absolute Gasteiger partial charge is 0.171 e. The van der Waals surface area contributed by atoms with Gasteiger partial charge in [0.05, 0.1) is 0 Å². The Bertz CT molecular complexity index is 276. The van der Waals surface area contributed by atoms with Crippen molar-refractivity contribution in [1.29, 1.82) is 0 Å². The van der Waals surface area contributed by atoms with E-state index in [9.17, 15) is 4.79 Å². The number of aldehydes is 1. The molecular formula is C8H9NO3. The topological polar surface area (TPSA) is 52.3 Å². The molecular weight excluding hydrogens is 158 g/mol. The fourth-order valence-corrected chi connectivity index (χ4v) is 1.31. The predicted octanol–water partition coefficient (Wildman–Crippen LogP) is 1.34. The van der Waals surface area contributed by atoms with Crippen LogP contribution in [-0.2, 0) is 4.74 Å². The van der Waals surface area contributed by atoms with Crippen LogP contribution >= 0.6 is 0 Å². The van der Waals surface area contributed by atoms with Crippen LogP contribution in [0.25, 0.3) is 0 Å². The van der Waals surface area contributed by atoms with Crippen molar-refractivity contribution in [3.05, 3.63) is 17.5 Å². The first kappa shape index (κ1) is 7.49. The molecule has 1 aromatic rings. The largest absolute Gasteiger partial charge is 0.370 e. The molecule has 1 aliphatic heterocycles. The molecule has 4 nitrogen and oxygen atoms in total. The molecule has 1 atom stereocenters. The average Bonchev–Trinajstić information content (AvgIpc) is 2.75. The third-order valence-electron chi connectivity index (χ3n) is 1.91. The number of carbonyl (C=O) groups excluding carboxylic acids is 1. The van der Waals surface area contributed by atoms with E-state index in [2.05, 4.69) is 5.16 Å². The molecule has 0 spiro atoms. The zero-order chi connectivity index (χ0) is 8.39. The standard InChI is InChI=1S/C8H9NO3/c10-5-6-4-8(12-9-6)7-2-1-3-11-7/h4-5,7H,1-3H2. The summed E-state index contributed by atoms with van der Waals surface area (Å²) in [4.78, 5) is 10.3. The molecule has 1 unspecified atom stereocenters. The van der Waals surface area contributed by atoms with E-state index in [4.69, 9.17) is 9.26 Å². The second-order valence-corrected chi connectivity index (χ2v) is 2.77. The third-order valence-corrected chi connectivity index (χ3v) is 1.91. The summed E-state index contributed by atoms with van der Waals surface area (Å²) in [6, 6.07) is 1.63. The van der Waals surface area contributed by atoms with Crippen LogP contribution in [0.4, 0.5) is 0 Å². The van der Waals surface area contributed by atoms with Gasteiger partial charge >= 0.3 is 0 Å². The minimum atomic E-state index is 0.00574. The zero-order valence-corrected chi connectivity index (χ0v) is 6.53. The zero-order valence-electron chi connectivity index (χ0n) is 6.53. The maximum atomic E-state index is 10.3. The van der Waals surface area contributed by atoms with Gasteiger partial charge in [-0.1, -0.05) is 5.16 Å². The van der Waals surface area contributed by atoms with E-state index in [1.54, 1.807) is 6.07 Å². The Labute approximate surface area is 69.5 Å². The molecule has 2 rings (SSSR count). The van der Waals surface area contributed by atoms with Crippen molar-refractivity contribution in [2.24, 2.45) is 0 Å². The summed E-state index contributed by atoms with van der Waals surface area (Å²) >= 11 is 0. The van der Waals surface area contributed by atoms with Gasteiger partial charge in [0, 0.05) is 12.7 Å². The van der Waals surface area contributed by atoms with Crippen molar-refractivity contribution < 1.29 is 14.1 Å². The third kappa shape index (κ3) is 1.25. The van der Waals surface area contributed by atoms with E-state index in [-0.39, 0.29) is 6.10 Å². The lowest BCUT2D eigenvalue weighted by Crippen LogP contribution is -1.92. The molecule has 2 heterocycles. The van der Waals surface area contributed by atoms with E-state index >= 15 is 0 Å². The van der Waals surface area contributed by atoms with Crippen LogP contribution in [0.15, 0.2) is 10.6 Å². The first-order valence-electron chi connectivity index (χ1n) is 3.93. The summed E-state index contributed by atoms with van der Waals surface area (Å²) < 4.78 is 10.3. The number of hydrogen-bond donors (Lipinski definition) is 0. The van der Waals surface area contributed by atoms with Crippen molar-refractivity contribution >= 4 is 6.29 Å². The van der Waals surface area contributed by atoms with Gasteiger partial charge in [0.2, 0.25) is 0 Å². The Balaban J connectivity index is 2.16. The van der Waals surface area contributed by atoms with E-state index in [0.29, 0.717) is 17.7 Å². The lowest BCUT2D eigenvalue weighted by molar-refractivity contribution is 0.0876. The van der Waals surface area contributed by atoms with E-state index in [0.717, 1.165) is 19.4 Å². The van der Waals surface area contributed by atoms with Gasteiger partial charge < -0.3 is 9.26 Å². The van der Waals surface area contributed by atoms with Gasteiger partial charge in [-0.25, -0.2) is 0 Å². The molecule has 0 aromatic carbocycles. The summed E-state index contributed by atoms with van der Waals surface area (Å²) in [5, 5.41) is 3.56. The highest BCUT2D eigenvalue weighted by Gasteiger charge is 2.21. The van der Waals surface area contributed by atoms with E-state index in [1.807, 2.05) is 0 Å². The normalized spacial score (nSPS) is 22.8. The lowest BCUT2D eigenvalue weighted by atomic mass is 10.2. The molecule has 0 saturated carbocycles. The quantitative estimate of drug-likeness (QED) is 0.623. The fourth-order valence-electron chi connectivity index (χ4n) is 1.31. The number of nitrogens with zero attached hydrogens (tertiary/aromatic N) is 1. The van der Waals surface area contributed by atoms with Crippen molar-refractivity contribution in [3.8, 4) is 0 Å². The fraction of sp³-hybridized carbons (Fsp3) is 0.500. The van der Waals surface area contributed by atoms with Gasteiger partial charge in [0.15, 0.2) is 12.0 Å². The molecule has 1 saturated heterocycles. The van der Waals surface area contributed by atoms with Gasteiger partial charge in [-0.3, -0.25) is 4.79 Å². The SMILES string of the molecule is O=Cc1cc(C2CCCO2)on1. The Morgan fingerprint density at radius 2 is 2.58 bits per heavy atom. The maximum Gasteiger partial charge on any atom is 0.171 e. The molecule has 0 N–H and O–H groups in total. The lowest BCUT2D eigenvalue weighted by Gasteiger charge is -2.01. The highest BCUT2D eigenvalue weighted by molar-refractivity contribution is 5.71. The molecule has 0 bridgehead atoms. The Morgan fingerprint density at radius 1 is 1.67 bits per heavy atom. The molecule has 12 heavy (non-hydrogen) atoms. The van der Waals surface area contributed by atoms with Gasteiger partial charge in [0.25, 0.3) is 0 Å². The van der Waals surface area contributed by atoms with Gasteiger partial charge in [0.1, 0.15) is 11.8 Å². The number of carbonyl (C=O) groups is 1. The van der Waals surface area contributed by atoms with Crippen molar-refractivity contribution in [3.63, 3.8) is 0 Å². The minimum Gasteiger partial charge on any atom is -0.370 e. The van der Waals surface area contributed by atoms with Gasteiger partial charge in [-0.15, -0.1) is 0 Å². The summed E-state index contributed by atoms with van der Waals surface area (Å²) in [5.74, 6) is 0.662. The number of ether oxygens (including phenoxy) is 1. The van der Waals surface area contributed by atoms with Crippen LogP contribution in [0.3, 0.4) is 0 Å². The molecule has 0 aliphatic carbocycles. The minimum absolute atomic E-state index is 0.00574. The van der Waals surface area contributed by atoms with Crippen molar-refractivity contribution in [2.75, 3.05) is 6.61 Å². The Morgan fingerprint density at radius 3 is 3.17 bits per heavy atom. The summed E-state index contributed by atoms with van der Waals surface area (Å²) in [5.41, 5.74) is 0.334. The highest BCUT2D eigenvalue weighted by atomic mass is 16.5. The van der Waals surface area contributed by atoms with Crippen molar-refractivity contribution in [2.45, 2.75) is 18.9 Å². The summed E-state index contributed by atoms with van der Waals surface area (Å²) in [6.07, 6.45) is 2.67. The molecule has 4 heteroatoms. The molecule has 0 radical (unpaired) electrons. The Hall–Kier alpha value is -1.16. The van der Waals surface area contributed by atoms with Crippen LogP contribution in [0, 0.1) is 0 Å². The van der Waals surface area contributed by atoms with Crippen LogP contribution in [0.5, 0.6) is 0 Å². The molecule has 1 fully saturated rings. The van der Waals surface area contributed by atoms with E-state index in [1.165, 1.54) is 0 Å². The van der Waals surface area contributed by atoms with Crippen LogP contribution < -0.4 is 0 Å². The second kappa shape index (κ2) is 3.06. The highest BCUT2D eigenvalue weighted by Crippen LogP contribution is 2.28. The van der Waals surface area contributed by atoms with Crippen LogP contribution in [0.2, 0.25) is 0 Å². The van der Waals surface area contributed by atoms with Gasteiger partial charge in [-0.2, -0.15) is 0 Å². The van der Waals surface area contributed by atoms with Gasteiger partial charge in [-0.05, 0) is 12.8 Å². The summed E-state index contributed by atoms with van der Waals surface area (Å²) in [7, 11) is 0. The predicted molar refractivity (Wildman–Crippen MR) is 39.8 cm³/mol. The monoisotopic (exact) mass is 167 g/mol. The average molecular weight is 167 g/mol. The number of aromatic nitrogens is 1.